The molecule has 0 fully saturated rings. The Morgan fingerprint density at radius 3 is 3.19 bits per heavy atom. The van der Waals surface area contributed by atoms with Crippen molar-refractivity contribution < 1.29 is 0 Å². The minimum absolute atomic E-state index is 0.983. The van der Waals surface area contributed by atoms with E-state index in [0.29, 0.717) is 0 Å². The Morgan fingerprint density at radius 2 is 2.31 bits per heavy atom. The topological polar surface area (TPSA) is 40.2 Å². The Kier molecular flexibility index (Phi) is 2.25. The van der Waals surface area contributed by atoms with E-state index >= 15 is 0 Å². The van der Waals surface area contributed by atoms with Crippen LogP contribution in [0.5, 0.6) is 0 Å². The van der Waals surface area contributed by atoms with Crippen LogP contribution in [0.2, 0.25) is 0 Å². The van der Waals surface area contributed by atoms with Gasteiger partial charge in [0.2, 0.25) is 0 Å². The summed E-state index contributed by atoms with van der Waals surface area (Å²) in [6.45, 7) is 2.06. The number of fused-ring (bicyclic) bond motifs is 1. The van der Waals surface area contributed by atoms with Crippen molar-refractivity contribution in [2.45, 2.75) is 6.42 Å². The molecule has 82 valence electrons. The number of nitrogens with zero attached hydrogens (tertiary/aromatic N) is 2. The van der Waals surface area contributed by atoms with Crippen LogP contribution in [-0.2, 0) is 0 Å². The third kappa shape index (κ3) is 1.62. The molecule has 0 unspecified atom stereocenters. The first kappa shape index (κ1) is 9.27. The van der Waals surface area contributed by atoms with E-state index in [2.05, 4.69) is 33.0 Å². The number of hydrogen-bond donors (Lipinski definition) is 2. The van der Waals surface area contributed by atoms with Gasteiger partial charge in [-0.3, -0.25) is 15.4 Å². The van der Waals surface area contributed by atoms with Gasteiger partial charge in [-0.2, -0.15) is 0 Å². The van der Waals surface area contributed by atoms with E-state index in [4.69, 9.17) is 0 Å². The largest absolute Gasteiger partial charge is 0.389 e. The van der Waals surface area contributed by atoms with Gasteiger partial charge < -0.3 is 5.32 Å². The Morgan fingerprint density at radius 1 is 1.31 bits per heavy atom. The third-order valence-corrected chi connectivity index (χ3v) is 2.75. The highest BCUT2D eigenvalue weighted by atomic mass is 15.5. The minimum atomic E-state index is 0.983. The van der Waals surface area contributed by atoms with Gasteiger partial charge >= 0.3 is 0 Å². The van der Waals surface area contributed by atoms with Crippen molar-refractivity contribution in [3.05, 3.63) is 48.1 Å². The molecule has 1 aromatic rings. The van der Waals surface area contributed by atoms with E-state index < -0.39 is 0 Å². The van der Waals surface area contributed by atoms with Gasteiger partial charge in [0, 0.05) is 25.5 Å². The number of hydrazine groups is 1. The minimum Gasteiger partial charge on any atom is -0.389 e. The zero-order valence-electron chi connectivity index (χ0n) is 8.98. The van der Waals surface area contributed by atoms with Gasteiger partial charge in [0.05, 0.1) is 17.1 Å². The zero-order chi connectivity index (χ0) is 10.8. The molecule has 0 saturated carbocycles. The predicted octanol–water partition coefficient (Wildman–Crippen LogP) is 1.08. The van der Waals surface area contributed by atoms with Gasteiger partial charge in [-0.05, 0) is 24.6 Å². The summed E-state index contributed by atoms with van der Waals surface area (Å²) in [5.74, 6) is 0. The lowest BCUT2D eigenvalue weighted by Crippen LogP contribution is -2.31. The smallest absolute Gasteiger partial charge is 0.0879 e. The van der Waals surface area contributed by atoms with E-state index in [0.717, 1.165) is 30.9 Å². The van der Waals surface area contributed by atoms with Crippen LogP contribution < -0.4 is 10.7 Å². The molecule has 3 heterocycles. The zero-order valence-corrected chi connectivity index (χ0v) is 8.98. The molecule has 2 N–H and O–H groups in total. The average Bonchev–Trinajstić information content (AvgIpc) is 2.62. The van der Waals surface area contributed by atoms with Gasteiger partial charge in [0.25, 0.3) is 0 Å². The third-order valence-electron chi connectivity index (χ3n) is 2.75. The van der Waals surface area contributed by atoms with Crippen molar-refractivity contribution in [3.8, 4) is 0 Å². The van der Waals surface area contributed by atoms with Gasteiger partial charge in [-0.15, -0.1) is 0 Å². The van der Waals surface area contributed by atoms with Crippen LogP contribution in [-0.4, -0.2) is 23.1 Å². The van der Waals surface area contributed by atoms with Gasteiger partial charge in [0.1, 0.15) is 0 Å². The second-order valence-corrected chi connectivity index (χ2v) is 3.91. The summed E-state index contributed by atoms with van der Waals surface area (Å²) in [6.07, 6.45) is 7.13. The SMILES string of the molecule is C1=C(c2ccccn2)NN2CCCNC=C12. The highest BCUT2D eigenvalue weighted by molar-refractivity contribution is 5.66. The van der Waals surface area contributed by atoms with Gasteiger partial charge in [-0.25, -0.2) is 0 Å². The monoisotopic (exact) mass is 214 g/mol. The maximum Gasteiger partial charge on any atom is 0.0879 e. The normalized spacial score (nSPS) is 18.9. The van der Waals surface area contributed by atoms with Gasteiger partial charge in [-0.1, -0.05) is 6.07 Å². The van der Waals surface area contributed by atoms with Crippen molar-refractivity contribution in [2.24, 2.45) is 0 Å². The summed E-state index contributed by atoms with van der Waals surface area (Å²) in [5.41, 5.74) is 6.60. The van der Waals surface area contributed by atoms with E-state index in [9.17, 15) is 0 Å². The number of aromatic nitrogens is 1. The lowest BCUT2D eigenvalue weighted by molar-refractivity contribution is 0.322. The maximum atomic E-state index is 4.34. The number of allylic oxidation sites excluding steroid dienone is 1. The molecule has 2 aliphatic heterocycles. The predicted molar refractivity (Wildman–Crippen MR) is 62.8 cm³/mol. The molecule has 4 heteroatoms. The van der Waals surface area contributed by atoms with Crippen molar-refractivity contribution in [1.82, 2.24) is 20.7 Å². The van der Waals surface area contributed by atoms with E-state index in [1.165, 1.54) is 5.70 Å². The summed E-state index contributed by atoms with van der Waals surface area (Å²) in [4.78, 5) is 4.34. The molecular formula is C12H14N4. The second kappa shape index (κ2) is 3.89. The van der Waals surface area contributed by atoms with Crippen molar-refractivity contribution >= 4 is 5.70 Å². The molecule has 4 nitrogen and oxygen atoms in total. The average molecular weight is 214 g/mol. The fourth-order valence-corrected chi connectivity index (χ4v) is 1.94. The van der Waals surface area contributed by atoms with Crippen LogP contribution in [0.25, 0.3) is 5.70 Å². The fraction of sp³-hybridized carbons (Fsp3) is 0.250. The van der Waals surface area contributed by atoms with E-state index in [-0.39, 0.29) is 0 Å². The lowest BCUT2D eigenvalue weighted by atomic mass is 10.2. The Bertz CT molecular complexity index is 436. The summed E-state index contributed by atoms with van der Waals surface area (Å²) in [6, 6.07) is 5.94. The standard InChI is InChI=1S/C12H14N4/c1-2-6-14-11(4-1)12-8-10-9-13-5-3-7-16(10)15-12/h1-2,4,6,8-9,13,15H,3,5,7H2. The van der Waals surface area contributed by atoms with Crippen LogP contribution in [0.3, 0.4) is 0 Å². The molecule has 0 amide bonds. The van der Waals surface area contributed by atoms with Crippen molar-refractivity contribution in [3.63, 3.8) is 0 Å². The van der Waals surface area contributed by atoms with Crippen molar-refractivity contribution in [2.75, 3.05) is 13.1 Å². The van der Waals surface area contributed by atoms with Crippen LogP contribution in [0.15, 0.2) is 42.4 Å². The van der Waals surface area contributed by atoms with E-state index in [1.54, 1.807) is 0 Å². The molecule has 16 heavy (non-hydrogen) atoms. The highest BCUT2D eigenvalue weighted by Gasteiger charge is 2.20. The summed E-state index contributed by atoms with van der Waals surface area (Å²) in [5, 5.41) is 5.44. The van der Waals surface area contributed by atoms with Crippen LogP contribution >= 0.6 is 0 Å². The molecule has 0 aliphatic carbocycles. The molecular weight excluding hydrogens is 200 g/mol. The molecule has 0 bridgehead atoms. The summed E-state index contributed by atoms with van der Waals surface area (Å²) >= 11 is 0. The number of rotatable bonds is 1. The molecule has 0 radical (unpaired) electrons. The molecule has 0 spiro atoms. The molecule has 2 aliphatic rings. The number of hydrogen-bond acceptors (Lipinski definition) is 4. The first-order valence-corrected chi connectivity index (χ1v) is 5.54. The quantitative estimate of drug-likeness (QED) is 0.734. The number of nitrogens with one attached hydrogen (secondary N) is 2. The Balaban J connectivity index is 1.89. The fourth-order valence-electron chi connectivity index (χ4n) is 1.94. The van der Waals surface area contributed by atoms with Crippen LogP contribution in [0, 0.1) is 0 Å². The highest BCUT2D eigenvalue weighted by Crippen LogP contribution is 2.21. The van der Waals surface area contributed by atoms with Gasteiger partial charge in [0.15, 0.2) is 0 Å². The molecule has 0 saturated heterocycles. The lowest BCUT2D eigenvalue weighted by Gasteiger charge is -2.19. The van der Waals surface area contributed by atoms with Crippen LogP contribution in [0.1, 0.15) is 12.1 Å². The van der Waals surface area contributed by atoms with E-state index in [1.807, 2.05) is 24.4 Å². The van der Waals surface area contributed by atoms with Crippen LogP contribution in [0.4, 0.5) is 0 Å². The molecule has 0 atom stereocenters. The second-order valence-electron chi connectivity index (χ2n) is 3.91. The van der Waals surface area contributed by atoms with Crippen molar-refractivity contribution in [1.29, 1.82) is 0 Å². The summed E-state index contributed by atoms with van der Waals surface area (Å²) < 4.78 is 0. The first-order valence-electron chi connectivity index (χ1n) is 5.54. The molecule has 1 aromatic heterocycles. The number of pyridine rings is 1. The summed E-state index contributed by atoms with van der Waals surface area (Å²) in [7, 11) is 0. The Labute approximate surface area is 94.6 Å². The maximum absolute atomic E-state index is 4.34. The molecule has 3 rings (SSSR count). The molecule has 0 aromatic carbocycles. The first-order chi connectivity index (χ1) is 7.93. The Hall–Kier alpha value is -1.97.